The number of benzene rings is 1. The predicted molar refractivity (Wildman–Crippen MR) is 117 cm³/mol. The van der Waals surface area contributed by atoms with Crippen LogP contribution in [0.2, 0.25) is 0 Å². The first-order chi connectivity index (χ1) is 14.5. The second kappa shape index (κ2) is 10.0. The molecule has 2 aliphatic heterocycles. The van der Waals surface area contributed by atoms with Crippen molar-refractivity contribution in [3.8, 4) is 11.5 Å². The van der Waals surface area contributed by atoms with Crippen molar-refractivity contribution >= 4 is 28.8 Å². The van der Waals surface area contributed by atoms with Crippen molar-refractivity contribution < 1.29 is 23.8 Å². The van der Waals surface area contributed by atoms with Gasteiger partial charge in [0, 0.05) is 12.2 Å². The van der Waals surface area contributed by atoms with Gasteiger partial charge in [-0.15, -0.1) is 0 Å². The number of fused-ring (bicyclic) bond motifs is 1. The molecule has 162 valence electrons. The van der Waals surface area contributed by atoms with Crippen LogP contribution in [0.25, 0.3) is 0 Å². The maximum Gasteiger partial charge on any atom is 0.338 e. The number of hydrogen-bond acceptors (Lipinski definition) is 7. The van der Waals surface area contributed by atoms with Crippen LogP contribution in [-0.2, 0) is 14.3 Å². The Morgan fingerprint density at radius 1 is 1.27 bits per heavy atom. The third kappa shape index (κ3) is 4.48. The number of allylic oxidation sites excluding steroid dienone is 1. The van der Waals surface area contributed by atoms with E-state index in [4.69, 9.17) is 14.2 Å². The highest BCUT2D eigenvalue weighted by atomic mass is 32.2. The number of thioether (sulfide) groups is 1. The highest BCUT2D eigenvalue weighted by Gasteiger charge is 2.41. The van der Waals surface area contributed by atoms with Crippen molar-refractivity contribution in [1.82, 2.24) is 4.90 Å². The van der Waals surface area contributed by atoms with Gasteiger partial charge in [0.25, 0.3) is 0 Å². The van der Waals surface area contributed by atoms with E-state index in [1.54, 1.807) is 18.9 Å². The summed E-state index contributed by atoms with van der Waals surface area (Å²) in [6.07, 6.45) is 3.59. The fraction of sp³-hybridized carbons (Fsp3) is 0.500. The lowest BCUT2D eigenvalue weighted by Crippen LogP contribution is -2.45. The number of nitrogens with zero attached hydrogens (tertiary/aromatic N) is 2. The molecule has 2 aliphatic rings. The largest absolute Gasteiger partial charge is 0.493 e. The first-order valence-corrected chi connectivity index (χ1v) is 11.1. The zero-order chi connectivity index (χ0) is 21.7. The van der Waals surface area contributed by atoms with Crippen LogP contribution in [0, 0.1) is 0 Å². The smallest absolute Gasteiger partial charge is 0.338 e. The van der Waals surface area contributed by atoms with Gasteiger partial charge in [0.15, 0.2) is 16.7 Å². The molecule has 1 amide bonds. The second-order valence-electron chi connectivity index (χ2n) is 7.12. The monoisotopic (exact) mass is 432 g/mol. The fourth-order valence-electron chi connectivity index (χ4n) is 3.59. The Morgan fingerprint density at radius 2 is 2.07 bits per heavy atom. The van der Waals surface area contributed by atoms with Crippen molar-refractivity contribution in [3.63, 3.8) is 0 Å². The maximum atomic E-state index is 12.8. The van der Waals surface area contributed by atoms with Gasteiger partial charge in [-0.1, -0.05) is 37.6 Å². The molecule has 3 rings (SSSR count). The van der Waals surface area contributed by atoms with Crippen LogP contribution >= 0.6 is 11.8 Å². The lowest BCUT2D eigenvalue weighted by Gasteiger charge is -2.38. The van der Waals surface area contributed by atoms with E-state index in [0.717, 1.165) is 24.8 Å². The minimum absolute atomic E-state index is 0.0646. The summed E-state index contributed by atoms with van der Waals surface area (Å²) in [5, 5.41) is 0.611. The molecule has 1 aromatic carbocycles. The van der Waals surface area contributed by atoms with Gasteiger partial charge in [-0.05, 0) is 31.0 Å². The number of ether oxygens (including phenoxy) is 3. The van der Waals surface area contributed by atoms with Gasteiger partial charge in [0.05, 0.1) is 38.1 Å². The summed E-state index contributed by atoms with van der Waals surface area (Å²) in [6.45, 7) is 4.52. The molecule has 0 N–H and O–H groups in total. The summed E-state index contributed by atoms with van der Waals surface area (Å²) in [7, 11) is 2.91. The normalized spacial score (nSPS) is 18.7. The van der Waals surface area contributed by atoms with E-state index in [2.05, 4.69) is 11.9 Å². The van der Waals surface area contributed by atoms with E-state index in [-0.39, 0.29) is 5.91 Å². The van der Waals surface area contributed by atoms with Crippen LogP contribution in [0.15, 0.2) is 34.5 Å². The van der Waals surface area contributed by atoms with Crippen LogP contribution in [0.3, 0.4) is 0 Å². The van der Waals surface area contributed by atoms with E-state index in [0.29, 0.717) is 46.7 Å². The molecule has 7 nitrogen and oxygen atoms in total. The van der Waals surface area contributed by atoms with E-state index < -0.39 is 12.0 Å². The molecule has 0 spiro atoms. The summed E-state index contributed by atoms with van der Waals surface area (Å²) in [4.78, 5) is 31.5. The Balaban J connectivity index is 2.00. The SMILES string of the molecule is CCCCCOc1ccc([C@@H]2C(C(=O)OC)=C(C)N=C3SCCC(=O)N32)cc1OC. The molecule has 2 heterocycles. The van der Waals surface area contributed by atoms with E-state index >= 15 is 0 Å². The third-order valence-corrected chi connectivity index (χ3v) is 6.08. The molecule has 0 aromatic heterocycles. The van der Waals surface area contributed by atoms with Crippen molar-refractivity contribution in [2.24, 2.45) is 4.99 Å². The summed E-state index contributed by atoms with van der Waals surface area (Å²) in [5.41, 5.74) is 1.66. The summed E-state index contributed by atoms with van der Waals surface area (Å²) in [6, 6.07) is 4.91. The van der Waals surface area contributed by atoms with Crippen LogP contribution in [0.5, 0.6) is 11.5 Å². The molecular weight excluding hydrogens is 404 g/mol. The molecule has 8 heteroatoms. The Kier molecular flexibility index (Phi) is 7.42. The van der Waals surface area contributed by atoms with Crippen LogP contribution < -0.4 is 9.47 Å². The molecule has 0 unspecified atom stereocenters. The van der Waals surface area contributed by atoms with Gasteiger partial charge in [0.1, 0.15) is 0 Å². The lowest BCUT2D eigenvalue weighted by molar-refractivity contribution is -0.137. The quantitative estimate of drug-likeness (QED) is 0.455. The van der Waals surface area contributed by atoms with E-state index in [1.165, 1.54) is 18.9 Å². The number of esters is 1. The minimum Gasteiger partial charge on any atom is -0.493 e. The van der Waals surface area contributed by atoms with Crippen molar-refractivity contribution in [3.05, 3.63) is 35.0 Å². The van der Waals surface area contributed by atoms with Crippen LogP contribution in [0.4, 0.5) is 0 Å². The zero-order valence-electron chi connectivity index (χ0n) is 17.9. The fourth-order valence-corrected chi connectivity index (χ4v) is 4.60. The molecule has 1 atom stereocenters. The minimum atomic E-state index is -0.617. The summed E-state index contributed by atoms with van der Waals surface area (Å²) >= 11 is 1.52. The number of unbranched alkanes of at least 4 members (excludes halogenated alkanes) is 2. The number of amidine groups is 1. The van der Waals surface area contributed by atoms with Gasteiger partial charge in [-0.2, -0.15) is 0 Å². The van der Waals surface area contributed by atoms with Crippen LogP contribution in [-0.4, -0.2) is 48.5 Å². The number of hydrogen-bond donors (Lipinski definition) is 0. The van der Waals surface area contributed by atoms with Gasteiger partial charge in [-0.3, -0.25) is 9.69 Å². The van der Waals surface area contributed by atoms with Gasteiger partial charge in [-0.25, -0.2) is 9.79 Å². The molecular formula is C22H28N2O5S. The van der Waals surface area contributed by atoms with E-state index in [1.807, 2.05) is 18.2 Å². The summed E-state index contributed by atoms with van der Waals surface area (Å²) in [5.74, 6) is 1.32. The number of carbonyl (C=O) groups excluding carboxylic acids is 2. The maximum absolute atomic E-state index is 12.8. The average Bonchev–Trinajstić information content (AvgIpc) is 2.75. The second-order valence-corrected chi connectivity index (χ2v) is 8.18. The first kappa shape index (κ1) is 22.2. The molecule has 0 saturated carbocycles. The molecule has 1 aromatic rings. The molecule has 0 radical (unpaired) electrons. The first-order valence-electron chi connectivity index (χ1n) is 10.1. The van der Waals surface area contributed by atoms with Crippen LogP contribution in [0.1, 0.15) is 51.1 Å². The standard InChI is InChI=1S/C22H28N2O5S/c1-5-6-7-11-29-16-9-8-15(13-17(16)27-3)20-19(21(26)28-4)14(2)23-22-24(20)18(25)10-12-30-22/h8-9,13,20H,5-7,10-12H2,1-4H3/t20-/m1/s1. The molecule has 0 bridgehead atoms. The number of amides is 1. The molecule has 1 fully saturated rings. The molecule has 30 heavy (non-hydrogen) atoms. The molecule has 1 saturated heterocycles. The van der Waals surface area contributed by atoms with Crippen molar-refractivity contribution in [1.29, 1.82) is 0 Å². The van der Waals surface area contributed by atoms with E-state index in [9.17, 15) is 9.59 Å². The Hall–Kier alpha value is -2.48. The Morgan fingerprint density at radius 3 is 2.77 bits per heavy atom. The van der Waals surface area contributed by atoms with Crippen molar-refractivity contribution in [2.75, 3.05) is 26.6 Å². The van der Waals surface area contributed by atoms with Gasteiger partial charge in [0.2, 0.25) is 5.91 Å². The number of carbonyl (C=O) groups is 2. The topological polar surface area (TPSA) is 77.4 Å². The van der Waals surface area contributed by atoms with Crippen molar-refractivity contribution in [2.45, 2.75) is 45.6 Å². The highest BCUT2D eigenvalue weighted by molar-refractivity contribution is 8.14. The average molecular weight is 433 g/mol. The van der Waals surface area contributed by atoms with Gasteiger partial charge < -0.3 is 14.2 Å². The summed E-state index contributed by atoms with van der Waals surface area (Å²) < 4.78 is 16.4. The molecule has 0 aliphatic carbocycles. The number of aliphatic imine (C=N–C) groups is 1. The Labute approximate surface area is 181 Å². The number of rotatable bonds is 8. The third-order valence-electron chi connectivity index (χ3n) is 5.12. The zero-order valence-corrected chi connectivity index (χ0v) is 18.7. The highest BCUT2D eigenvalue weighted by Crippen LogP contribution is 2.42. The Bertz CT molecular complexity index is 880. The number of methoxy groups -OCH3 is 2. The van der Waals surface area contributed by atoms with Gasteiger partial charge >= 0.3 is 5.97 Å². The lowest BCUT2D eigenvalue weighted by atomic mass is 9.94. The predicted octanol–water partition coefficient (Wildman–Crippen LogP) is 4.09.